The highest BCUT2D eigenvalue weighted by molar-refractivity contribution is 5.81. The molecular weight excluding hydrogens is 176 g/mol. The summed E-state index contributed by atoms with van der Waals surface area (Å²) in [5, 5.41) is 1.01. The molecule has 72 valence electrons. The van der Waals surface area contributed by atoms with Gasteiger partial charge in [0, 0.05) is 12.1 Å². The molecule has 0 aliphatic rings. The van der Waals surface area contributed by atoms with Crippen molar-refractivity contribution >= 4 is 10.9 Å². The number of nitrogens with two attached hydrogens (primary N) is 1. The molecule has 2 aromatic rings. The van der Waals surface area contributed by atoms with Crippen LogP contribution >= 0.6 is 0 Å². The minimum atomic E-state index is -0.0920. The molecule has 0 saturated heterocycles. The number of hydrogen-bond acceptors (Lipinski definition) is 2. The molecule has 0 radical (unpaired) electrons. The van der Waals surface area contributed by atoms with Gasteiger partial charge in [-0.2, -0.15) is 0 Å². The van der Waals surface area contributed by atoms with Crippen LogP contribution in [-0.2, 0) is 0 Å². The predicted octanol–water partition coefficient (Wildman–Crippen LogP) is 1.55. The van der Waals surface area contributed by atoms with Crippen LogP contribution in [0.3, 0.4) is 0 Å². The van der Waals surface area contributed by atoms with Crippen molar-refractivity contribution in [3.8, 4) is 0 Å². The maximum Gasteiger partial charge on any atom is 0.248 e. The second-order valence-corrected chi connectivity index (χ2v) is 3.42. The summed E-state index contributed by atoms with van der Waals surface area (Å²) < 4.78 is 0. The SMILES string of the molecule is CC(N)c1cccc2ccc(=O)[nH]c12. The van der Waals surface area contributed by atoms with E-state index in [1.54, 1.807) is 6.07 Å². The monoisotopic (exact) mass is 188 g/mol. The Hall–Kier alpha value is -1.61. The number of aromatic amines is 1. The molecule has 3 N–H and O–H groups in total. The minimum Gasteiger partial charge on any atom is -0.324 e. The van der Waals surface area contributed by atoms with Crippen molar-refractivity contribution in [1.29, 1.82) is 0 Å². The molecule has 1 unspecified atom stereocenters. The number of para-hydroxylation sites is 1. The zero-order chi connectivity index (χ0) is 10.1. The van der Waals surface area contributed by atoms with Gasteiger partial charge in [-0.1, -0.05) is 18.2 Å². The number of rotatable bonds is 1. The van der Waals surface area contributed by atoms with E-state index in [0.29, 0.717) is 0 Å². The first kappa shape index (κ1) is 8.97. The highest BCUT2D eigenvalue weighted by atomic mass is 16.1. The van der Waals surface area contributed by atoms with Gasteiger partial charge in [0.05, 0.1) is 5.52 Å². The third-order valence-electron chi connectivity index (χ3n) is 2.28. The molecule has 0 bridgehead atoms. The normalized spacial score (nSPS) is 13.0. The van der Waals surface area contributed by atoms with E-state index in [9.17, 15) is 4.79 Å². The fourth-order valence-corrected chi connectivity index (χ4v) is 1.58. The molecule has 3 nitrogen and oxygen atoms in total. The van der Waals surface area contributed by atoms with Crippen LogP contribution in [0.25, 0.3) is 10.9 Å². The summed E-state index contributed by atoms with van der Waals surface area (Å²) in [6, 6.07) is 9.09. The molecule has 1 atom stereocenters. The van der Waals surface area contributed by atoms with Crippen LogP contribution in [0.15, 0.2) is 35.1 Å². The third-order valence-corrected chi connectivity index (χ3v) is 2.28. The van der Waals surface area contributed by atoms with Crippen LogP contribution in [0.2, 0.25) is 0 Å². The predicted molar refractivity (Wildman–Crippen MR) is 57.2 cm³/mol. The first-order valence-electron chi connectivity index (χ1n) is 4.56. The molecule has 0 aliphatic heterocycles. The Labute approximate surface area is 81.6 Å². The van der Waals surface area contributed by atoms with Crippen LogP contribution in [0, 0.1) is 0 Å². The van der Waals surface area contributed by atoms with Crippen LogP contribution in [0.4, 0.5) is 0 Å². The van der Waals surface area contributed by atoms with Crippen molar-refractivity contribution < 1.29 is 0 Å². The van der Waals surface area contributed by atoms with Crippen molar-refractivity contribution in [2.75, 3.05) is 0 Å². The maximum absolute atomic E-state index is 11.2. The Bertz CT molecular complexity index is 514. The van der Waals surface area contributed by atoms with Crippen LogP contribution < -0.4 is 11.3 Å². The molecular formula is C11H12N2O. The molecule has 14 heavy (non-hydrogen) atoms. The van der Waals surface area contributed by atoms with E-state index in [2.05, 4.69) is 4.98 Å². The van der Waals surface area contributed by atoms with Crippen molar-refractivity contribution in [3.05, 3.63) is 46.2 Å². The zero-order valence-corrected chi connectivity index (χ0v) is 7.95. The molecule has 1 aromatic heterocycles. The average Bonchev–Trinajstić information content (AvgIpc) is 2.16. The van der Waals surface area contributed by atoms with E-state index in [-0.39, 0.29) is 11.6 Å². The van der Waals surface area contributed by atoms with Crippen LogP contribution in [-0.4, -0.2) is 4.98 Å². The fraction of sp³-hybridized carbons (Fsp3) is 0.182. The van der Waals surface area contributed by atoms with Crippen molar-refractivity contribution in [3.63, 3.8) is 0 Å². The molecule has 3 heteroatoms. The van der Waals surface area contributed by atoms with Gasteiger partial charge in [-0.3, -0.25) is 4.79 Å². The second kappa shape index (κ2) is 3.27. The fourth-order valence-electron chi connectivity index (χ4n) is 1.58. The molecule has 1 heterocycles. The summed E-state index contributed by atoms with van der Waals surface area (Å²) >= 11 is 0. The van der Waals surface area contributed by atoms with Gasteiger partial charge >= 0.3 is 0 Å². The van der Waals surface area contributed by atoms with E-state index >= 15 is 0 Å². The molecule has 2 rings (SSSR count). The zero-order valence-electron chi connectivity index (χ0n) is 7.95. The van der Waals surface area contributed by atoms with Gasteiger partial charge in [-0.15, -0.1) is 0 Å². The van der Waals surface area contributed by atoms with Gasteiger partial charge in [-0.05, 0) is 23.9 Å². The highest BCUT2D eigenvalue weighted by Crippen LogP contribution is 2.19. The number of hydrogen-bond donors (Lipinski definition) is 2. The summed E-state index contributed by atoms with van der Waals surface area (Å²) in [7, 11) is 0. The summed E-state index contributed by atoms with van der Waals surface area (Å²) in [6.45, 7) is 1.90. The first-order valence-corrected chi connectivity index (χ1v) is 4.56. The lowest BCUT2D eigenvalue weighted by Gasteiger charge is -2.08. The third kappa shape index (κ3) is 1.42. The highest BCUT2D eigenvalue weighted by Gasteiger charge is 2.04. The van der Waals surface area contributed by atoms with Gasteiger partial charge < -0.3 is 10.7 Å². The molecule has 0 amide bonds. The van der Waals surface area contributed by atoms with Gasteiger partial charge in [0.1, 0.15) is 0 Å². The van der Waals surface area contributed by atoms with E-state index in [1.165, 1.54) is 6.07 Å². The van der Waals surface area contributed by atoms with Crippen molar-refractivity contribution in [1.82, 2.24) is 4.98 Å². The summed E-state index contributed by atoms with van der Waals surface area (Å²) in [6.07, 6.45) is 0. The topological polar surface area (TPSA) is 58.9 Å². The Kier molecular flexibility index (Phi) is 2.09. The molecule has 0 spiro atoms. The number of benzene rings is 1. The molecule has 0 fully saturated rings. The van der Waals surface area contributed by atoms with Crippen molar-refractivity contribution in [2.45, 2.75) is 13.0 Å². The van der Waals surface area contributed by atoms with Gasteiger partial charge in [-0.25, -0.2) is 0 Å². The quantitative estimate of drug-likeness (QED) is 0.713. The van der Waals surface area contributed by atoms with E-state index < -0.39 is 0 Å². The van der Waals surface area contributed by atoms with E-state index in [4.69, 9.17) is 5.73 Å². The van der Waals surface area contributed by atoms with Crippen LogP contribution in [0.1, 0.15) is 18.5 Å². The number of pyridine rings is 1. The average molecular weight is 188 g/mol. The molecule has 0 aliphatic carbocycles. The first-order chi connectivity index (χ1) is 6.68. The molecule has 0 saturated carbocycles. The maximum atomic E-state index is 11.2. The summed E-state index contributed by atoms with van der Waals surface area (Å²) in [5.74, 6) is 0. The summed E-state index contributed by atoms with van der Waals surface area (Å²) in [4.78, 5) is 14.0. The van der Waals surface area contributed by atoms with Gasteiger partial charge in [0.2, 0.25) is 5.56 Å². The standard InChI is InChI=1S/C11H12N2O/c1-7(12)9-4-2-3-8-5-6-10(14)13-11(8)9/h2-7H,12H2,1H3,(H,13,14). The minimum absolute atomic E-state index is 0.0725. The van der Waals surface area contributed by atoms with Crippen LogP contribution in [0.5, 0.6) is 0 Å². The second-order valence-electron chi connectivity index (χ2n) is 3.42. The number of fused-ring (bicyclic) bond motifs is 1. The lowest BCUT2D eigenvalue weighted by Crippen LogP contribution is -2.09. The lowest BCUT2D eigenvalue weighted by atomic mass is 10.0. The Morgan fingerprint density at radius 2 is 2.07 bits per heavy atom. The number of nitrogens with one attached hydrogen (secondary N) is 1. The van der Waals surface area contributed by atoms with Crippen molar-refractivity contribution in [2.24, 2.45) is 5.73 Å². The number of H-pyrrole nitrogens is 1. The largest absolute Gasteiger partial charge is 0.324 e. The Balaban J connectivity index is 2.84. The Morgan fingerprint density at radius 3 is 2.79 bits per heavy atom. The van der Waals surface area contributed by atoms with E-state index in [1.807, 2.05) is 25.1 Å². The van der Waals surface area contributed by atoms with E-state index in [0.717, 1.165) is 16.5 Å². The number of aromatic nitrogens is 1. The Morgan fingerprint density at radius 1 is 1.29 bits per heavy atom. The summed E-state index contributed by atoms with van der Waals surface area (Å²) in [5.41, 5.74) is 7.53. The van der Waals surface area contributed by atoms with Gasteiger partial charge in [0.25, 0.3) is 0 Å². The smallest absolute Gasteiger partial charge is 0.248 e. The molecule has 1 aromatic carbocycles. The lowest BCUT2D eigenvalue weighted by molar-refractivity contribution is 0.823. The van der Waals surface area contributed by atoms with Gasteiger partial charge in [0.15, 0.2) is 0 Å².